The van der Waals surface area contributed by atoms with E-state index in [0.29, 0.717) is 23.8 Å². The molecule has 140 valence electrons. The number of aromatic nitrogens is 3. The molecule has 3 aromatic rings. The van der Waals surface area contributed by atoms with Gasteiger partial charge in [0.05, 0.1) is 24.0 Å². The Bertz CT molecular complexity index is 1010. The molecule has 0 spiro atoms. The van der Waals surface area contributed by atoms with Crippen LogP contribution in [-0.4, -0.2) is 28.3 Å². The van der Waals surface area contributed by atoms with Crippen molar-refractivity contribution < 1.29 is 9.47 Å². The SMILES string of the molecule is COc1cc(/C=N\Nc2nc(C)cc(=O)[nH]2)ccc1OCc1csc(C)n1. The molecule has 0 aliphatic heterocycles. The number of aryl methyl sites for hydroxylation is 2. The fraction of sp³-hybridized carbons (Fsp3) is 0.222. The third-order valence-electron chi connectivity index (χ3n) is 3.48. The second-order valence-corrected chi connectivity index (χ2v) is 6.72. The number of rotatable bonds is 7. The number of nitrogens with zero attached hydrogens (tertiary/aromatic N) is 3. The minimum absolute atomic E-state index is 0.237. The highest BCUT2D eigenvalue weighted by atomic mass is 32.1. The van der Waals surface area contributed by atoms with E-state index in [9.17, 15) is 4.79 Å². The smallest absolute Gasteiger partial charge is 0.252 e. The average molecular weight is 385 g/mol. The van der Waals surface area contributed by atoms with E-state index in [1.807, 2.05) is 24.4 Å². The summed E-state index contributed by atoms with van der Waals surface area (Å²) in [4.78, 5) is 22.5. The lowest BCUT2D eigenvalue weighted by atomic mass is 10.2. The first-order chi connectivity index (χ1) is 13.0. The molecule has 0 atom stereocenters. The molecular weight excluding hydrogens is 366 g/mol. The number of H-pyrrole nitrogens is 1. The van der Waals surface area contributed by atoms with Crippen molar-refractivity contribution >= 4 is 23.5 Å². The molecule has 0 unspecified atom stereocenters. The number of methoxy groups -OCH3 is 1. The lowest BCUT2D eigenvalue weighted by Crippen LogP contribution is -2.10. The monoisotopic (exact) mass is 385 g/mol. The van der Waals surface area contributed by atoms with Gasteiger partial charge in [-0.2, -0.15) is 5.10 Å². The normalized spacial score (nSPS) is 10.9. The largest absolute Gasteiger partial charge is 0.493 e. The van der Waals surface area contributed by atoms with Crippen LogP contribution < -0.4 is 20.5 Å². The summed E-state index contributed by atoms with van der Waals surface area (Å²) in [5.74, 6) is 1.49. The second kappa shape index (κ2) is 8.45. The maximum absolute atomic E-state index is 11.4. The maximum Gasteiger partial charge on any atom is 0.252 e. The van der Waals surface area contributed by atoms with E-state index >= 15 is 0 Å². The number of hydrazone groups is 1. The Morgan fingerprint density at radius 2 is 2.11 bits per heavy atom. The standard InChI is InChI=1S/C18H19N5O3S/c1-11-6-17(24)22-18(20-11)23-19-8-13-4-5-15(16(7-13)25-3)26-9-14-10-27-12(2)21-14/h4-8,10H,9H2,1-3H3,(H2,20,22,23,24)/b19-8-. The van der Waals surface area contributed by atoms with Crippen LogP contribution in [0.25, 0.3) is 0 Å². The molecule has 2 heterocycles. The minimum atomic E-state index is -0.237. The summed E-state index contributed by atoms with van der Waals surface area (Å²) in [6.45, 7) is 4.07. The summed E-state index contributed by atoms with van der Waals surface area (Å²) in [6, 6.07) is 6.87. The summed E-state index contributed by atoms with van der Waals surface area (Å²) >= 11 is 1.59. The Labute approximate surface area is 159 Å². The molecule has 27 heavy (non-hydrogen) atoms. The van der Waals surface area contributed by atoms with Gasteiger partial charge in [0.15, 0.2) is 11.5 Å². The summed E-state index contributed by atoms with van der Waals surface area (Å²) in [6.07, 6.45) is 1.60. The number of benzene rings is 1. The molecule has 3 rings (SSSR count). The van der Waals surface area contributed by atoms with Crippen molar-refractivity contribution in [3.63, 3.8) is 0 Å². The summed E-state index contributed by atoms with van der Waals surface area (Å²) in [7, 11) is 1.58. The first kappa shape index (κ1) is 18.6. The van der Waals surface area contributed by atoms with E-state index in [0.717, 1.165) is 16.3 Å². The zero-order valence-electron chi connectivity index (χ0n) is 15.1. The lowest BCUT2D eigenvalue weighted by molar-refractivity contribution is 0.281. The van der Waals surface area contributed by atoms with Crippen LogP contribution >= 0.6 is 11.3 Å². The highest BCUT2D eigenvalue weighted by Gasteiger charge is 2.07. The first-order valence-corrected chi connectivity index (χ1v) is 9.00. The van der Waals surface area contributed by atoms with Gasteiger partial charge in [-0.25, -0.2) is 15.4 Å². The number of nitrogens with one attached hydrogen (secondary N) is 2. The molecule has 9 heteroatoms. The predicted octanol–water partition coefficient (Wildman–Crippen LogP) is 2.88. The lowest BCUT2D eigenvalue weighted by Gasteiger charge is -2.10. The maximum atomic E-state index is 11.4. The molecule has 8 nitrogen and oxygen atoms in total. The van der Waals surface area contributed by atoms with Crippen LogP contribution in [0.1, 0.15) is 22.0 Å². The van der Waals surface area contributed by atoms with Gasteiger partial charge in [-0.1, -0.05) is 0 Å². The van der Waals surface area contributed by atoms with Gasteiger partial charge in [0.1, 0.15) is 6.61 Å². The molecule has 1 aromatic carbocycles. The number of thiazole rings is 1. The van der Waals surface area contributed by atoms with E-state index < -0.39 is 0 Å². The van der Waals surface area contributed by atoms with E-state index in [-0.39, 0.29) is 11.5 Å². The van der Waals surface area contributed by atoms with Gasteiger partial charge in [0.25, 0.3) is 5.56 Å². The van der Waals surface area contributed by atoms with Gasteiger partial charge in [0, 0.05) is 17.1 Å². The minimum Gasteiger partial charge on any atom is -0.493 e. The molecule has 0 aliphatic rings. The molecule has 0 amide bonds. The van der Waals surface area contributed by atoms with E-state index in [4.69, 9.17) is 9.47 Å². The van der Waals surface area contributed by atoms with Gasteiger partial charge >= 0.3 is 0 Å². The molecule has 2 N–H and O–H groups in total. The summed E-state index contributed by atoms with van der Waals surface area (Å²) in [5.41, 5.74) is 4.75. The molecule has 0 bridgehead atoms. The Balaban J connectivity index is 1.66. The zero-order chi connectivity index (χ0) is 19.2. The van der Waals surface area contributed by atoms with Crippen LogP contribution in [0, 0.1) is 13.8 Å². The van der Waals surface area contributed by atoms with Crippen molar-refractivity contribution in [2.45, 2.75) is 20.5 Å². The van der Waals surface area contributed by atoms with Crippen molar-refractivity contribution in [3.8, 4) is 11.5 Å². The highest BCUT2D eigenvalue weighted by Crippen LogP contribution is 2.28. The van der Waals surface area contributed by atoms with Gasteiger partial charge in [-0.3, -0.25) is 9.78 Å². The van der Waals surface area contributed by atoms with E-state index in [2.05, 4.69) is 25.5 Å². The number of aromatic amines is 1. The van der Waals surface area contributed by atoms with Crippen LogP contribution in [0.3, 0.4) is 0 Å². The van der Waals surface area contributed by atoms with Crippen molar-refractivity contribution in [2.75, 3.05) is 12.5 Å². The second-order valence-electron chi connectivity index (χ2n) is 5.66. The molecule has 0 fully saturated rings. The predicted molar refractivity (Wildman–Crippen MR) is 105 cm³/mol. The van der Waals surface area contributed by atoms with Crippen LogP contribution in [0.2, 0.25) is 0 Å². The summed E-state index contributed by atoms with van der Waals surface area (Å²) < 4.78 is 11.2. The Kier molecular flexibility index (Phi) is 5.82. The molecule has 0 saturated heterocycles. The van der Waals surface area contributed by atoms with Gasteiger partial charge in [0.2, 0.25) is 5.95 Å². The molecule has 2 aromatic heterocycles. The van der Waals surface area contributed by atoms with Gasteiger partial charge in [-0.15, -0.1) is 11.3 Å². The van der Waals surface area contributed by atoms with Crippen molar-refractivity contribution in [2.24, 2.45) is 5.10 Å². The number of hydrogen-bond donors (Lipinski definition) is 2. The topological polar surface area (TPSA) is 101 Å². The Morgan fingerprint density at radius 1 is 1.26 bits per heavy atom. The van der Waals surface area contributed by atoms with Gasteiger partial charge in [-0.05, 0) is 37.6 Å². The average Bonchev–Trinajstić information content (AvgIpc) is 3.05. The first-order valence-electron chi connectivity index (χ1n) is 8.12. The van der Waals surface area contributed by atoms with Crippen molar-refractivity contribution in [1.82, 2.24) is 15.0 Å². The van der Waals surface area contributed by atoms with E-state index in [1.165, 1.54) is 6.07 Å². The van der Waals surface area contributed by atoms with Gasteiger partial charge < -0.3 is 9.47 Å². The molecule has 0 radical (unpaired) electrons. The third kappa shape index (κ3) is 5.14. The fourth-order valence-corrected chi connectivity index (χ4v) is 2.91. The fourth-order valence-electron chi connectivity index (χ4n) is 2.31. The quantitative estimate of drug-likeness (QED) is 0.479. The third-order valence-corrected chi connectivity index (χ3v) is 4.31. The van der Waals surface area contributed by atoms with E-state index in [1.54, 1.807) is 37.7 Å². The van der Waals surface area contributed by atoms with Crippen LogP contribution in [0.5, 0.6) is 11.5 Å². The zero-order valence-corrected chi connectivity index (χ0v) is 16.0. The molecular formula is C18H19N5O3S. The van der Waals surface area contributed by atoms with Crippen molar-refractivity contribution in [3.05, 3.63) is 62.0 Å². The Hall–Kier alpha value is -3.20. The molecule has 0 aliphatic carbocycles. The molecule has 0 saturated carbocycles. The number of hydrogen-bond acceptors (Lipinski definition) is 8. The van der Waals surface area contributed by atoms with Crippen LogP contribution in [-0.2, 0) is 6.61 Å². The van der Waals surface area contributed by atoms with Crippen LogP contribution in [0.15, 0.2) is 39.5 Å². The summed E-state index contributed by atoms with van der Waals surface area (Å²) in [5, 5.41) is 7.06. The van der Waals surface area contributed by atoms with Crippen LogP contribution in [0.4, 0.5) is 5.95 Å². The highest BCUT2D eigenvalue weighted by molar-refractivity contribution is 7.09. The Morgan fingerprint density at radius 3 is 2.81 bits per heavy atom. The van der Waals surface area contributed by atoms with Crippen molar-refractivity contribution in [1.29, 1.82) is 0 Å². The number of ether oxygens (including phenoxy) is 2. The number of anilines is 1.